The number of thioether (sulfide) groups is 1. The molecule has 1 aromatic carbocycles. The van der Waals surface area contributed by atoms with Gasteiger partial charge in [-0.2, -0.15) is 0 Å². The number of amides is 1. The zero-order valence-corrected chi connectivity index (χ0v) is 17.1. The van der Waals surface area contributed by atoms with Crippen LogP contribution in [0.15, 0.2) is 35.5 Å². The lowest BCUT2D eigenvalue weighted by Crippen LogP contribution is -2.46. The summed E-state index contributed by atoms with van der Waals surface area (Å²) in [5, 5.41) is 3.67. The van der Waals surface area contributed by atoms with E-state index in [0.29, 0.717) is 11.7 Å². The maximum absolute atomic E-state index is 12.5. The maximum Gasteiger partial charge on any atom is 0.234 e. The van der Waals surface area contributed by atoms with E-state index in [4.69, 9.17) is 6.42 Å². The van der Waals surface area contributed by atoms with Crippen molar-refractivity contribution in [2.45, 2.75) is 19.0 Å². The van der Waals surface area contributed by atoms with Crippen LogP contribution in [-0.4, -0.2) is 59.3 Å². The molecule has 7 heteroatoms. The first kappa shape index (κ1) is 20.2. The molecule has 1 N–H and O–H groups in total. The second-order valence-corrected chi connectivity index (χ2v) is 7.70. The van der Waals surface area contributed by atoms with Crippen molar-refractivity contribution in [3.8, 4) is 12.3 Å². The minimum atomic E-state index is -0.0637. The molecule has 1 amide bonds. The predicted molar refractivity (Wildman–Crippen MR) is 115 cm³/mol. The Bertz CT molecular complexity index is 851. The molecule has 6 nitrogen and oxygen atoms in total. The summed E-state index contributed by atoms with van der Waals surface area (Å²) in [5.41, 5.74) is 3.69. The Kier molecular flexibility index (Phi) is 6.90. The highest BCUT2D eigenvalue weighted by molar-refractivity contribution is 7.99. The van der Waals surface area contributed by atoms with E-state index in [1.165, 1.54) is 11.8 Å². The molecule has 146 valence electrons. The second-order valence-electron chi connectivity index (χ2n) is 6.75. The molecule has 1 saturated heterocycles. The van der Waals surface area contributed by atoms with Gasteiger partial charge >= 0.3 is 0 Å². The van der Waals surface area contributed by atoms with Gasteiger partial charge in [-0.15, -0.1) is 6.42 Å². The number of nitrogens with one attached hydrogen (secondary N) is 1. The number of nitrogens with zero attached hydrogens (tertiary/aromatic N) is 4. The Labute approximate surface area is 170 Å². The molecule has 0 radical (unpaired) electrons. The lowest BCUT2D eigenvalue weighted by Gasteiger charge is -2.36. The SMILES string of the molecule is C#CCN1CCN(c2ccccc2NC(=O)CSc2nc(C)cc(C)n2)CC1. The zero-order valence-electron chi connectivity index (χ0n) is 16.3. The van der Waals surface area contributed by atoms with Gasteiger partial charge in [-0.25, -0.2) is 9.97 Å². The molecule has 2 aromatic rings. The van der Waals surface area contributed by atoms with Gasteiger partial charge in [0.25, 0.3) is 0 Å². The average Bonchev–Trinajstić information content (AvgIpc) is 2.67. The Hall–Kier alpha value is -2.56. The third kappa shape index (κ3) is 5.47. The smallest absolute Gasteiger partial charge is 0.234 e. The van der Waals surface area contributed by atoms with E-state index < -0.39 is 0 Å². The summed E-state index contributed by atoms with van der Waals surface area (Å²) in [6.45, 7) is 8.17. The van der Waals surface area contributed by atoms with Gasteiger partial charge in [-0.1, -0.05) is 29.8 Å². The number of aromatic nitrogens is 2. The first-order valence-corrected chi connectivity index (χ1v) is 10.3. The van der Waals surface area contributed by atoms with Crippen LogP contribution in [0.3, 0.4) is 0 Å². The van der Waals surface area contributed by atoms with E-state index in [-0.39, 0.29) is 11.7 Å². The van der Waals surface area contributed by atoms with Crippen LogP contribution in [0.1, 0.15) is 11.4 Å². The van der Waals surface area contributed by atoms with Gasteiger partial charge in [0, 0.05) is 37.6 Å². The normalized spacial score (nSPS) is 14.5. The summed E-state index contributed by atoms with van der Waals surface area (Å²) in [6.07, 6.45) is 5.41. The van der Waals surface area contributed by atoms with Crippen molar-refractivity contribution in [1.82, 2.24) is 14.9 Å². The second kappa shape index (κ2) is 9.58. The molecule has 1 aliphatic rings. The van der Waals surface area contributed by atoms with E-state index in [2.05, 4.69) is 31.0 Å². The van der Waals surface area contributed by atoms with E-state index >= 15 is 0 Å². The van der Waals surface area contributed by atoms with Gasteiger partial charge in [0.05, 0.1) is 23.7 Å². The van der Waals surface area contributed by atoms with Gasteiger partial charge < -0.3 is 10.2 Å². The first-order chi connectivity index (χ1) is 13.5. The van der Waals surface area contributed by atoms with E-state index in [1.807, 2.05) is 44.2 Å². The van der Waals surface area contributed by atoms with Crippen molar-refractivity contribution < 1.29 is 4.79 Å². The molecule has 1 fully saturated rings. The minimum absolute atomic E-state index is 0.0637. The zero-order chi connectivity index (χ0) is 19.9. The molecule has 1 aromatic heterocycles. The van der Waals surface area contributed by atoms with Gasteiger partial charge in [0.1, 0.15) is 0 Å². The van der Waals surface area contributed by atoms with Crippen molar-refractivity contribution in [3.05, 3.63) is 41.7 Å². The van der Waals surface area contributed by atoms with Crippen molar-refractivity contribution in [1.29, 1.82) is 0 Å². The van der Waals surface area contributed by atoms with Crippen LogP contribution in [0, 0.1) is 26.2 Å². The summed E-state index contributed by atoms with van der Waals surface area (Å²) in [5.74, 6) is 2.91. The molecule has 2 heterocycles. The number of aryl methyl sites for hydroxylation is 2. The summed E-state index contributed by atoms with van der Waals surface area (Å²) in [6, 6.07) is 9.85. The summed E-state index contributed by atoms with van der Waals surface area (Å²) in [7, 11) is 0. The third-order valence-corrected chi connectivity index (χ3v) is 5.35. The number of hydrogen-bond donors (Lipinski definition) is 1. The molecule has 0 spiro atoms. The van der Waals surface area contributed by atoms with Crippen molar-refractivity contribution in [3.63, 3.8) is 0 Å². The molecule has 1 aliphatic heterocycles. The van der Waals surface area contributed by atoms with Crippen molar-refractivity contribution in [2.24, 2.45) is 0 Å². The van der Waals surface area contributed by atoms with Gasteiger partial charge in [0.15, 0.2) is 5.16 Å². The van der Waals surface area contributed by atoms with Gasteiger partial charge in [-0.3, -0.25) is 9.69 Å². The van der Waals surface area contributed by atoms with E-state index in [9.17, 15) is 4.79 Å². The summed E-state index contributed by atoms with van der Waals surface area (Å²) < 4.78 is 0. The molecular formula is C21H25N5OS. The highest BCUT2D eigenvalue weighted by atomic mass is 32.2. The lowest BCUT2D eigenvalue weighted by atomic mass is 10.2. The standard InChI is InChI=1S/C21H25N5OS/c1-4-9-25-10-12-26(13-11-25)19-8-6-5-7-18(19)24-20(27)15-28-21-22-16(2)14-17(3)23-21/h1,5-8,14H,9-13,15H2,2-3H3,(H,24,27). The van der Waals surface area contributed by atoms with Crippen LogP contribution in [0.4, 0.5) is 11.4 Å². The molecular weight excluding hydrogens is 370 g/mol. The number of carbonyl (C=O) groups excluding carboxylic acids is 1. The topological polar surface area (TPSA) is 61.4 Å². The largest absolute Gasteiger partial charge is 0.367 e. The van der Waals surface area contributed by atoms with Crippen LogP contribution in [-0.2, 0) is 4.79 Å². The maximum atomic E-state index is 12.5. The Morgan fingerprint density at radius 2 is 1.86 bits per heavy atom. The quantitative estimate of drug-likeness (QED) is 0.461. The highest BCUT2D eigenvalue weighted by Gasteiger charge is 2.19. The lowest BCUT2D eigenvalue weighted by molar-refractivity contribution is -0.113. The number of carbonyl (C=O) groups is 1. The predicted octanol–water partition coefficient (Wildman–Crippen LogP) is 2.58. The molecule has 0 bridgehead atoms. The molecule has 3 rings (SSSR count). The molecule has 28 heavy (non-hydrogen) atoms. The van der Waals surface area contributed by atoms with Crippen LogP contribution < -0.4 is 10.2 Å². The third-order valence-electron chi connectivity index (χ3n) is 4.50. The minimum Gasteiger partial charge on any atom is -0.367 e. The molecule has 0 unspecified atom stereocenters. The summed E-state index contributed by atoms with van der Waals surface area (Å²) >= 11 is 1.35. The fourth-order valence-electron chi connectivity index (χ4n) is 3.21. The number of rotatable bonds is 6. The Morgan fingerprint density at radius 3 is 2.54 bits per heavy atom. The fourth-order valence-corrected chi connectivity index (χ4v) is 3.96. The summed E-state index contributed by atoms with van der Waals surface area (Å²) in [4.78, 5) is 25.8. The number of anilines is 2. The number of hydrogen-bond acceptors (Lipinski definition) is 6. The van der Waals surface area contributed by atoms with Crippen LogP contribution >= 0.6 is 11.8 Å². The van der Waals surface area contributed by atoms with Crippen molar-refractivity contribution in [2.75, 3.05) is 48.7 Å². The van der Waals surface area contributed by atoms with E-state index in [0.717, 1.165) is 48.9 Å². The number of para-hydroxylation sites is 2. The number of terminal acetylenes is 1. The van der Waals surface area contributed by atoms with Crippen molar-refractivity contribution >= 4 is 29.0 Å². The molecule has 0 atom stereocenters. The monoisotopic (exact) mass is 395 g/mol. The molecule has 0 saturated carbocycles. The number of benzene rings is 1. The number of piperazine rings is 1. The van der Waals surface area contributed by atoms with Crippen LogP contribution in [0.25, 0.3) is 0 Å². The van der Waals surface area contributed by atoms with Crippen LogP contribution in [0.5, 0.6) is 0 Å². The van der Waals surface area contributed by atoms with Crippen LogP contribution in [0.2, 0.25) is 0 Å². The first-order valence-electron chi connectivity index (χ1n) is 9.30. The Balaban J connectivity index is 1.60. The van der Waals surface area contributed by atoms with Gasteiger partial charge in [0.2, 0.25) is 5.91 Å². The average molecular weight is 396 g/mol. The Morgan fingerprint density at radius 1 is 1.18 bits per heavy atom. The fraction of sp³-hybridized carbons (Fsp3) is 0.381. The highest BCUT2D eigenvalue weighted by Crippen LogP contribution is 2.27. The van der Waals surface area contributed by atoms with Gasteiger partial charge in [-0.05, 0) is 32.0 Å². The van der Waals surface area contributed by atoms with E-state index in [1.54, 1.807) is 0 Å². The molecule has 0 aliphatic carbocycles.